The Labute approximate surface area is 148 Å². The van der Waals surface area contributed by atoms with E-state index in [-0.39, 0.29) is 25.4 Å². The maximum Gasteiger partial charge on any atom is 0.325 e. The summed E-state index contributed by atoms with van der Waals surface area (Å²) in [5, 5.41) is 22.5. The predicted octanol–water partition coefficient (Wildman–Crippen LogP) is 1.14. The number of halogens is 1. The second-order valence-electron chi connectivity index (χ2n) is 5.10. The van der Waals surface area contributed by atoms with Crippen molar-refractivity contribution in [3.63, 3.8) is 0 Å². The first-order valence-electron chi connectivity index (χ1n) is 7.43. The lowest BCUT2D eigenvalue weighted by molar-refractivity contribution is -0.138. The average Bonchev–Trinajstić information content (AvgIpc) is 3.00. The number of rotatable bonds is 9. The number of ether oxygens (including phenoxy) is 1. The van der Waals surface area contributed by atoms with Crippen LogP contribution in [0.3, 0.4) is 0 Å². The lowest BCUT2D eigenvalue weighted by Gasteiger charge is -2.11. The monoisotopic (exact) mass is 367 g/mol. The zero-order valence-corrected chi connectivity index (χ0v) is 14.3. The fourth-order valence-electron chi connectivity index (χ4n) is 2.04. The molecule has 1 amide bonds. The first-order valence-corrected chi connectivity index (χ1v) is 7.80. The van der Waals surface area contributed by atoms with Crippen LogP contribution in [0.15, 0.2) is 24.4 Å². The summed E-state index contributed by atoms with van der Waals surface area (Å²) in [6, 6.07) is 5.18. The third-order valence-electron chi connectivity index (χ3n) is 3.18. The molecule has 0 unspecified atom stereocenters. The van der Waals surface area contributed by atoms with Gasteiger partial charge in [-0.25, -0.2) is 4.68 Å². The zero-order valence-electron chi connectivity index (χ0n) is 13.5. The van der Waals surface area contributed by atoms with Gasteiger partial charge >= 0.3 is 5.97 Å². The SMILES string of the molecule is COc1ccc(Cl)cc1NCCC(=O)NCc1cn(CC(=O)O)nn1. The van der Waals surface area contributed by atoms with Gasteiger partial charge in [0.1, 0.15) is 18.0 Å². The van der Waals surface area contributed by atoms with Gasteiger partial charge in [0.15, 0.2) is 0 Å². The van der Waals surface area contributed by atoms with Gasteiger partial charge in [-0.05, 0) is 18.2 Å². The number of methoxy groups -OCH3 is 1. The Bertz CT molecular complexity index is 749. The summed E-state index contributed by atoms with van der Waals surface area (Å²) in [5.41, 5.74) is 1.19. The first-order chi connectivity index (χ1) is 12.0. The van der Waals surface area contributed by atoms with E-state index in [1.54, 1.807) is 25.3 Å². The standard InChI is InChI=1S/C15H18ClN5O4/c1-25-13-3-2-10(16)6-12(13)17-5-4-14(22)18-7-11-8-21(20-19-11)9-15(23)24/h2-3,6,8,17H,4-5,7,9H2,1H3,(H,18,22)(H,23,24). The van der Waals surface area contributed by atoms with E-state index in [1.165, 1.54) is 10.9 Å². The topological polar surface area (TPSA) is 118 Å². The minimum absolute atomic E-state index is 0.179. The molecule has 25 heavy (non-hydrogen) atoms. The number of amides is 1. The molecular weight excluding hydrogens is 350 g/mol. The van der Waals surface area contributed by atoms with Crippen LogP contribution in [0.1, 0.15) is 12.1 Å². The largest absolute Gasteiger partial charge is 0.495 e. The van der Waals surface area contributed by atoms with Gasteiger partial charge in [-0.15, -0.1) is 5.10 Å². The van der Waals surface area contributed by atoms with E-state index in [9.17, 15) is 9.59 Å². The van der Waals surface area contributed by atoms with Gasteiger partial charge < -0.3 is 20.5 Å². The summed E-state index contributed by atoms with van der Waals surface area (Å²) < 4.78 is 6.40. The van der Waals surface area contributed by atoms with E-state index in [0.29, 0.717) is 28.7 Å². The smallest absolute Gasteiger partial charge is 0.325 e. The maximum atomic E-state index is 11.9. The maximum absolute atomic E-state index is 11.9. The Morgan fingerprint density at radius 1 is 1.40 bits per heavy atom. The molecule has 2 rings (SSSR count). The number of carboxylic acid groups (broad SMARTS) is 1. The molecule has 0 bridgehead atoms. The van der Waals surface area contributed by atoms with Crippen LogP contribution in [0.5, 0.6) is 5.75 Å². The van der Waals surface area contributed by atoms with Crippen LogP contribution >= 0.6 is 11.6 Å². The van der Waals surface area contributed by atoms with Crippen molar-refractivity contribution in [3.05, 3.63) is 35.1 Å². The average molecular weight is 368 g/mol. The number of aromatic nitrogens is 3. The Morgan fingerprint density at radius 2 is 2.20 bits per heavy atom. The fourth-order valence-corrected chi connectivity index (χ4v) is 2.21. The Kier molecular flexibility index (Phi) is 6.58. The van der Waals surface area contributed by atoms with Gasteiger partial charge in [-0.1, -0.05) is 16.8 Å². The number of aliphatic carboxylic acids is 1. The molecule has 0 radical (unpaired) electrons. The number of hydrogen-bond donors (Lipinski definition) is 3. The molecule has 1 aromatic heterocycles. The van der Waals surface area contributed by atoms with Crippen LogP contribution in [0.4, 0.5) is 5.69 Å². The van der Waals surface area contributed by atoms with E-state index in [2.05, 4.69) is 20.9 Å². The number of nitrogens with zero attached hydrogens (tertiary/aromatic N) is 3. The Balaban J connectivity index is 1.75. The molecule has 0 aliphatic rings. The summed E-state index contributed by atoms with van der Waals surface area (Å²) in [6.07, 6.45) is 1.71. The predicted molar refractivity (Wildman–Crippen MR) is 90.6 cm³/mol. The van der Waals surface area contributed by atoms with Gasteiger partial charge in [0.25, 0.3) is 0 Å². The van der Waals surface area contributed by atoms with Gasteiger partial charge in [0, 0.05) is 18.0 Å². The zero-order chi connectivity index (χ0) is 18.2. The molecular formula is C15H18ClN5O4. The molecule has 0 saturated carbocycles. The number of carbonyl (C=O) groups is 2. The number of hydrogen-bond acceptors (Lipinski definition) is 6. The second-order valence-corrected chi connectivity index (χ2v) is 5.54. The highest BCUT2D eigenvalue weighted by Crippen LogP contribution is 2.27. The molecule has 0 saturated heterocycles. The third-order valence-corrected chi connectivity index (χ3v) is 3.41. The van der Waals surface area contributed by atoms with Crippen molar-refractivity contribution in [1.82, 2.24) is 20.3 Å². The van der Waals surface area contributed by atoms with Crippen LogP contribution in [0.25, 0.3) is 0 Å². The number of anilines is 1. The molecule has 9 nitrogen and oxygen atoms in total. The first kappa shape index (κ1) is 18.5. The second kappa shape index (κ2) is 8.88. The lowest BCUT2D eigenvalue weighted by atomic mass is 10.2. The summed E-state index contributed by atoms with van der Waals surface area (Å²) in [5.74, 6) is -0.552. The van der Waals surface area contributed by atoms with Crippen molar-refractivity contribution >= 4 is 29.2 Å². The summed E-state index contributed by atoms with van der Waals surface area (Å²) in [4.78, 5) is 22.4. The third kappa shape index (κ3) is 5.96. The van der Waals surface area contributed by atoms with E-state index in [0.717, 1.165) is 0 Å². The molecule has 2 aromatic rings. The van der Waals surface area contributed by atoms with Gasteiger partial charge in [0.2, 0.25) is 5.91 Å². The summed E-state index contributed by atoms with van der Waals surface area (Å²) in [7, 11) is 1.55. The van der Waals surface area contributed by atoms with Crippen molar-refractivity contribution in [2.45, 2.75) is 19.5 Å². The Morgan fingerprint density at radius 3 is 2.92 bits per heavy atom. The molecule has 3 N–H and O–H groups in total. The van der Waals surface area contributed by atoms with Crippen LogP contribution in [-0.4, -0.2) is 45.6 Å². The van der Waals surface area contributed by atoms with Crippen molar-refractivity contribution in [3.8, 4) is 5.75 Å². The van der Waals surface area contributed by atoms with Gasteiger partial charge in [0.05, 0.1) is 25.5 Å². The van der Waals surface area contributed by atoms with Crippen LogP contribution in [-0.2, 0) is 22.7 Å². The van der Waals surface area contributed by atoms with Crippen LogP contribution in [0.2, 0.25) is 5.02 Å². The molecule has 1 heterocycles. The fraction of sp³-hybridized carbons (Fsp3) is 0.333. The van der Waals surface area contributed by atoms with Crippen LogP contribution in [0, 0.1) is 0 Å². The van der Waals surface area contributed by atoms with Crippen molar-refractivity contribution < 1.29 is 19.4 Å². The number of nitrogens with one attached hydrogen (secondary N) is 2. The van der Waals surface area contributed by atoms with Gasteiger partial charge in [-0.2, -0.15) is 0 Å². The normalized spacial score (nSPS) is 10.3. The lowest BCUT2D eigenvalue weighted by Crippen LogP contribution is -2.25. The van der Waals surface area contributed by atoms with Crippen LogP contribution < -0.4 is 15.4 Å². The molecule has 0 spiro atoms. The molecule has 10 heteroatoms. The van der Waals surface area contributed by atoms with Crippen molar-refractivity contribution in [2.24, 2.45) is 0 Å². The number of carboxylic acids is 1. The molecule has 0 atom stereocenters. The summed E-state index contributed by atoms with van der Waals surface area (Å²) in [6.45, 7) is 0.305. The highest BCUT2D eigenvalue weighted by Gasteiger charge is 2.08. The quantitative estimate of drug-likeness (QED) is 0.608. The highest BCUT2D eigenvalue weighted by molar-refractivity contribution is 6.30. The van der Waals surface area contributed by atoms with E-state index >= 15 is 0 Å². The minimum atomic E-state index is -1.01. The van der Waals surface area contributed by atoms with Crippen molar-refractivity contribution in [2.75, 3.05) is 19.0 Å². The van der Waals surface area contributed by atoms with E-state index < -0.39 is 5.97 Å². The molecule has 0 aliphatic carbocycles. The highest BCUT2D eigenvalue weighted by atomic mass is 35.5. The number of benzene rings is 1. The van der Waals surface area contributed by atoms with E-state index in [4.69, 9.17) is 21.4 Å². The Hall–Kier alpha value is -2.81. The molecule has 0 fully saturated rings. The molecule has 134 valence electrons. The molecule has 0 aliphatic heterocycles. The number of carbonyl (C=O) groups excluding carboxylic acids is 1. The van der Waals surface area contributed by atoms with Gasteiger partial charge in [-0.3, -0.25) is 9.59 Å². The minimum Gasteiger partial charge on any atom is -0.495 e. The van der Waals surface area contributed by atoms with Crippen molar-refractivity contribution in [1.29, 1.82) is 0 Å². The summed E-state index contributed by atoms with van der Waals surface area (Å²) >= 11 is 5.94. The molecule has 1 aromatic carbocycles. The van der Waals surface area contributed by atoms with E-state index in [1.807, 2.05) is 0 Å².